The van der Waals surface area contributed by atoms with Gasteiger partial charge in [-0.3, -0.25) is 9.59 Å². The van der Waals surface area contributed by atoms with Crippen molar-refractivity contribution in [1.82, 2.24) is 5.32 Å². The minimum atomic E-state index is -0.661. The lowest BCUT2D eigenvalue weighted by Crippen LogP contribution is -2.45. The maximum absolute atomic E-state index is 12.6. The van der Waals surface area contributed by atoms with E-state index in [4.69, 9.17) is 4.74 Å². The van der Waals surface area contributed by atoms with Crippen LogP contribution in [0, 0.1) is 0 Å². The van der Waals surface area contributed by atoms with Gasteiger partial charge in [-0.2, -0.15) is 0 Å². The summed E-state index contributed by atoms with van der Waals surface area (Å²) < 4.78 is 5.52. The number of unbranched alkanes of at least 4 members (excludes halogenated alkanes) is 65. The molecular weight excluding hydrogens is 1040 g/mol. The van der Waals surface area contributed by atoms with Gasteiger partial charge in [-0.25, -0.2) is 0 Å². The Bertz CT molecular complexity index is 1240. The Morgan fingerprint density at radius 2 is 0.482 bits per heavy atom. The second kappa shape index (κ2) is 75.3. The quantitative estimate of drug-likeness (QED) is 0.0417. The van der Waals surface area contributed by atoms with E-state index in [-0.39, 0.29) is 18.5 Å². The highest BCUT2D eigenvalue weighted by molar-refractivity contribution is 5.76. The van der Waals surface area contributed by atoms with Crippen LogP contribution in [0.2, 0.25) is 0 Å². The molecule has 0 heterocycles. The Labute approximate surface area is 534 Å². The van der Waals surface area contributed by atoms with Gasteiger partial charge in [-0.05, 0) is 25.7 Å². The van der Waals surface area contributed by atoms with Crippen LogP contribution < -0.4 is 5.32 Å². The van der Waals surface area contributed by atoms with E-state index in [1.807, 2.05) is 0 Å². The van der Waals surface area contributed by atoms with E-state index in [0.717, 1.165) is 38.5 Å². The molecule has 6 nitrogen and oxygen atoms in total. The molecule has 0 aliphatic rings. The molecular formula is C79H157NO5. The van der Waals surface area contributed by atoms with E-state index in [2.05, 4.69) is 19.2 Å². The highest BCUT2D eigenvalue weighted by Crippen LogP contribution is 2.21. The summed E-state index contributed by atoms with van der Waals surface area (Å²) in [5.74, 6) is 0.00194. The van der Waals surface area contributed by atoms with Gasteiger partial charge in [-0.1, -0.05) is 431 Å². The van der Waals surface area contributed by atoms with Crippen molar-refractivity contribution in [2.75, 3.05) is 13.2 Å². The van der Waals surface area contributed by atoms with Crippen LogP contribution in [0.4, 0.5) is 0 Å². The number of amides is 1. The minimum absolute atomic E-state index is 0.0248. The average Bonchev–Trinajstić information content (AvgIpc) is 3.51. The smallest absolute Gasteiger partial charge is 0.305 e. The van der Waals surface area contributed by atoms with Crippen LogP contribution in [0.15, 0.2) is 0 Å². The van der Waals surface area contributed by atoms with Gasteiger partial charge < -0.3 is 20.3 Å². The van der Waals surface area contributed by atoms with E-state index < -0.39 is 12.1 Å². The van der Waals surface area contributed by atoms with Crippen LogP contribution in [0.1, 0.15) is 470 Å². The third-order valence-corrected chi connectivity index (χ3v) is 19.2. The van der Waals surface area contributed by atoms with Crippen molar-refractivity contribution in [3.63, 3.8) is 0 Å². The van der Waals surface area contributed by atoms with Gasteiger partial charge in [0.25, 0.3) is 0 Å². The van der Waals surface area contributed by atoms with Gasteiger partial charge >= 0.3 is 5.97 Å². The molecule has 0 aliphatic heterocycles. The molecule has 0 aliphatic carbocycles. The Kier molecular flexibility index (Phi) is 74.3. The van der Waals surface area contributed by atoms with E-state index in [0.29, 0.717) is 25.9 Å². The normalized spacial score (nSPS) is 12.4. The average molecular weight is 1200 g/mol. The number of aliphatic hydroxyl groups is 2. The summed E-state index contributed by atoms with van der Waals surface area (Å²) in [5.41, 5.74) is 0. The molecule has 6 heteroatoms. The van der Waals surface area contributed by atoms with E-state index >= 15 is 0 Å². The standard InChI is InChI=1S/C79H157NO5/c1-3-5-7-9-11-13-15-17-19-21-36-40-43-47-51-55-59-63-67-71-77(82)76(75-81)80-78(83)72-68-64-60-56-52-48-44-41-37-34-32-30-28-26-24-22-23-25-27-29-31-33-35-38-42-46-50-54-58-62-66-70-74-85-79(84)73-69-65-61-57-53-49-45-39-20-18-16-14-12-10-8-6-4-2/h76-77,81-82H,3-75H2,1-2H3,(H,80,83). The third kappa shape index (κ3) is 71.8. The number of ether oxygens (including phenoxy) is 1. The van der Waals surface area contributed by atoms with Gasteiger partial charge in [0, 0.05) is 12.8 Å². The minimum Gasteiger partial charge on any atom is -0.466 e. The summed E-state index contributed by atoms with van der Waals surface area (Å²) in [4.78, 5) is 24.7. The molecule has 508 valence electrons. The molecule has 2 atom stereocenters. The summed E-state index contributed by atoms with van der Waals surface area (Å²) in [6.07, 6.45) is 93.4. The first-order valence-corrected chi connectivity index (χ1v) is 39.8. The number of hydrogen-bond donors (Lipinski definition) is 3. The maximum Gasteiger partial charge on any atom is 0.305 e. The molecule has 0 aromatic carbocycles. The zero-order chi connectivity index (χ0) is 61.3. The van der Waals surface area contributed by atoms with Gasteiger partial charge in [0.15, 0.2) is 0 Å². The SMILES string of the molecule is CCCCCCCCCCCCCCCCCCCCCC(O)C(CO)NC(=O)CCCCCCCCCCCCCCCCCCCCCCCCCCCCCCCCCCOC(=O)CCCCCCCCCCCCCCCCCCC. The molecule has 0 saturated carbocycles. The lowest BCUT2D eigenvalue weighted by atomic mass is 10.0. The molecule has 0 saturated heterocycles. The van der Waals surface area contributed by atoms with Crippen LogP contribution >= 0.6 is 0 Å². The zero-order valence-electron chi connectivity index (χ0n) is 58.4. The molecule has 1 amide bonds. The Hall–Kier alpha value is -1.14. The van der Waals surface area contributed by atoms with Crippen molar-refractivity contribution in [3.05, 3.63) is 0 Å². The summed E-state index contributed by atoms with van der Waals surface area (Å²) in [7, 11) is 0. The lowest BCUT2D eigenvalue weighted by Gasteiger charge is -2.22. The van der Waals surface area contributed by atoms with Gasteiger partial charge in [0.2, 0.25) is 5.91 Å². The second-order valence-electron chi connectivity index (χ2n) is 27.8. The third-order valence-electron chi connectivity index (χ3n) is 19.2. The topological polar surface area (TPSA) is 95.9 Å². The van der Waals surface area contributed by atoms with Crippen LogP contribution in [0.3, 0.4) is 0 Å². The predicted molar refractivity (Wildman–Crippen MR) is 375 cm³/mol. The second-order valence-corrected chi connectivity index (χ2v) is 27.8. The van der Waals surface area contributed by atoms with Crippen LogP contribution in [0.5, 0.6) is 0 Å². The van der Waals surface area contributed by atoms with E-state index in [1.54, 1.807) is 0 Å². The molecule has 2 unspecified atom stereocenters. The Morgan fingerprint density at radius 1 is 0.282 bits per heavy atom. The predicted octanol–water partition coefficient (Wildman–Crippen LogP) is 26.1. The zero-order valence-corrected chi connectivity index (χ0v) is 58.4. The molecule has 0 fully saturated rings. The number of aliphatic hydroxyl groups excluding tert-OH is 2. The van der Waals surface area contributed by atoms with Gasteiger partial charge in [0.05, 0.1) is 25.4 Å². The lowest BCUT2D eigenvalue weighted by molar-refractivity contribution is -0.143. The van der Waals surface area contributed by atoms with Crippen molar-refractivity contribution in [1.29, 1.82) is 0 Å². The van der Waals surface area contributed by atoms with Gasteiger partial charge in [0.1, 0.15) is 0 Å². The van der Waals surface area contributed by atoms with E-state index in [1.165, 1.54) is 398 Å². The van der Waals surface area contributed by atoms with Crippen LogP contribution in [-0.2, 0) is 14.3 Å². The summed E-state index contributed by atoms with van der Waals surface area (Å²) >= 11 is 0. The molecule has 85 heavy (non-hydrogen) atoms. The molecule has 3 N–H and O–H groups in total. The number of nitrogens with one attached hydrogen (secondary N) is 1. The van der Waals surface area contributed by atoms with Crippen LogP contribution in [-0.4, -0.2) is 47.4 Å². The largest absolute Gasteiger partial charge is 0.466 e. The number of carbonyl (C=O) groups excluding carboxylic acids is 2. The van der Waals surface area contributed by atoms with Crippen molar-refractivity contribution in [2.45, 2.75) is 482 Å². The van der Waals surface area contributed by atoms with Crippen LogP contribution in [0.25, 0.3) is 0 Å². The van der Waals surface area contributed by atoms with Crippen molar-refractivity contribution >= 4 is 11.9 Å². The number of hydrogen-bond acceptors (Lipinski definition) is 5. The number of rotatable bonds is 76. The van der Waals surface area contributed by atoms with Crippen molar-refractivity contribution in [2.24, 2.45) is 0 Å². The first kappa shape index (κ1) is 83.9. The summed E-state index contributed by atoms with van der Waals surface area (Å²) in [6, 6.07) is -0.538. The molecule has 0 aromatic rings. The molecule has 0 spiro atoms. The van der Waals surface area contributed by atoms with E-state index in [9.17, 15) is 19.8 Å². The van der Waals surface area contributed by atoms with Crippen molar-refractivity contribution < 1.29 is 24.5 Å². The summed E-state index contributed by atoms with van der Waals surface area (Å²) in [6.45, 7) is 5.02. The first-order chi connectivity index (χ1) is 42.0. The van der Waals surface area contributed by atoms with Gasteiger partial charge in [-0.15, -0.1) is 0 Å². The maximum atomic E-state index is 12.6. The number of carbonyl (C=O) groups is 2. The molecule has 0 aromatic heterocycles. The monoisotopic (exact) mass is 1200 g/mol. The highest BCUT2D eigenvalue weighted by atomic mass is 16.5. The number of esters is 1. The Balaban J connectivity index is 3.30. The molecule has 0 bridgehead atoms. The molecule has 0 radical (unpaired) electrons. The first-order valence-electron chi connectivity index (χ1n) is 39.8. The Morgan fingerprint density at radius 3 is 0.718 bits per heavy atom. The highest BCUT2D eigenvalue weighted by Gasteiger charge is 2.20. The summed E-state index contributed by atoms with van der Waals surface area (Å²) in [5, 5.41) is 23.4. The fourth-order valence-electron chi connectivity index (χ4n) is 13.1. The fourth-order valence-corrected chi connectivity index (χ4v) is 13.1. The van der Waals surface area contributed by atoms with Crippen molar-refractivity contribution in [3.8, 4) is 0 Å². The molecule has 0 rings (SSSR count). The fraction of sp³-hybridized carbons (Fsp3) is 0.975.